The van der Waals surface area contributed by atoms with Crippen molar-refractivity contribution in [3.8, 4) is 0 Å². The van der Waals surface area contributed by atoms with Crippen LogP contribution in [-0.2, 0) is 0 Å². The minimum absolute atomic E-state index is 0. The van der Waals surface area contributed by atoms with E-state index in [4.69, 9.17) is 0 Å². The number of rotatable bonds is 2. The van der Waals surface area contributed by atoms with Crippen LogP contribution in [0.5, 0.6) is 0 Å². The van der Waals surface area contributed by atoms with E-state index >= 15 is 0 Å². The van der Waals surface area contributed by atoms with E-state index in [1.54, 1.807) is 0 Å². The molecule has 0 N–H and O–H groups in total. The minimum atomic E-state index is 0. The molecule has 0 radical (unpaired) electrons. The molecule has 3 heteroatoms. The van der Waals surface area contributed by atoms with E-state index in [2.05, 4.69) is 34.6 Å². The zero-order chi connectivity index (χ0) is 8.93. The molecule has 0 bridgehead atoms. The Morgan fingerprint density at radius 2 is 1.57 bits per heavy atom. The molecule has 0 atom stereocenters. The summed E-state index contributed by atoms with van der Waals surface area (Å²) < 4.78 is 2.47. The SMILES string of the molecule is Cl.c1ccc(SN2CCCCC2)cc1. The van der Waals surface area contributed by atoms with Gasteiger partial charge in [-0.15, -0.1) is 12.4 Å². The molecule has 1 aromatic rings. The highest BCUT2D eigenvalue weighted by Crippen LogP contribution is 2.25. The average Bonchev–Trinajstić information content (AvgIpc) is 2.21. The quantitative estimate of drug-likeness (QED) is 0.713. The van der Waals surface area contributed by atoms with Gasteiger partial charge in [-0.1, -0.05) is 24.6 Å². The normalized spacial score (nSPS) is 17.4. The predicted molar refractivity (Wildman–Crippen MR) is 65.0 cm³/mol. The maximum Gasteiger partial charge on any atom is 0.0230 e. The number of hydrogen-bond acceptors (Lipinski definition) is 2. The molecule has 0 aliphatic carbocycles. The van der Waals surface area contributed by atoms with Gasteiger partial charge in [0.2, 0.25) is 0 Å². The van der Waals surface area contributed by atoms with Gasteiger partial charge in [0.05, 0.1) is 0 Å². The highest BCUT2D eigenvalue weighted by Gasteiger charge is 2.10. The van der Waals surface area contributed by atoms with Gasteiger partial charge in [0.1, 0.15) is 0 Å². The van der Waals surface area contributed by atoms with Gasteiger partial charge in [-0.3, -0.25) is 0 Å². The standard InChI is InChI=1S/C11H15NS.ClH/c1-3-7-11(8-4-1)13-12-9-5-2-6-10-12;/h1,3-4,7-8H,2,5-6,9-10H2;1H. The molecule has 14 heavy (non-hydrogen) atoms. The van der Waals surface area contributed by atoms with Gasteiger partial charge in [0.15, 0.2) is 0 Å². The molecule has 1 nitrogen and oxygen atoms in total. The van der Waals surface area contributed by atoms with Gasteiger partial charge in [-0.25, -0.2) is 4.31 Å². The molecule has 1 fully saturated rings. The number of nitrogens with zero attached hydrogens (tertiary/aromatic N) is 1. The molecule has 0 aromatic heterocycles. The Bertz CT molecular complexity index is 247. The fourth-order valence-corrected chi connectivity index (χ4v) is 2.60. The Morgan fingerprint density at radius 3 is 2.21 bits per heavy atom. The number of halogens is 1. The summed E-state index contributed by atoms with van der Waals surface area (Å²) >= 11 is 1.90. The van der Waals surface area contributed by atoms with Crippen molar-refractivity contribution in [1.29, 1.82) is 0 Å². The van der Waals surface area contributed by atoms with Crippen LogP contribution in [0.1, 0.15) is 19.3 Å². The number of hydrogen-bond donors (Lipinski definition) is 0. The topological polar surface area (TPSA) is 3.24 Å². The first kappa shape index (κ1) is 11.9. The summed E-state index contributed by atoms with van der Waals surface area (Å²) in [6.45, 7) is 2.50. The monoisotopic (exact) mass is 229 g/mol. The largest absolute Gasteiger partial charge is 0.246 e. The van der Waals surface area contributed by atoms with Crippen molar-refractivity contribution in [2.75, 3.05) is 13.1 Å². The summed E-state index contributed by atoms with van der Waals surface area (Å²) in [6, 6.07) is 10.6. The van der Waals surface area contributed by atoms with Crippen molar-refractivity contribution in [2.24, 2.45) is 0 Å². The molecule has 0 spiro atoms. The third-order valence-corrected chi connectivity index (χ3v) is 3.40. The molecule has 2 rings (SSSR count). The van der Waals surface area contributed by atoms with E-state index in [9.17, 15) is 0 Å². The third kappa shape index (κ3) is 3.52. The molecule has 1 aliphatic rings. The molecular formula is C11H16ClNS. The van der Waals surface area contributed by atoms with Crippen LogP contribution in [0.2, 0.25) is 0 Å². The Kier molecular flexibility index (Phi) is 5.38. The van der Waals surface area contributed by atoms with E-state index in [0.717, 1.165) is 0 Å². The van der Waals surface area contributed by atoms with Crippen molar-refractivity contribution in [3.63, 3.8) is 0 Å². The highest BCUT2D eigenvalue weighted by atomic mass is 35.5. The maximum atomic E-state index is 2.47. The second kappa shape index (κ2) is 6.33. The van der Waals surface area contributed by atoms with E-state index in [0.29, 0.717) is 0 Å². The summed E-state index contributed by atoms with van der Waals surface area (Å²) in [4.78, 5) is 1.37. The van der Waals surface area contributed by atoms with Gasteiger partial charge in [-0.05, 0) is 36.9 Å². The Balaban J connectivity index is 0.000000980. The predicted octanol–water partition coefficient (Wildman–Crippen LogP) is 3.60. The average molecular weight is 230 g/mol. The van der Waals surface area contributed by atoms with Crippen molar-refractivity contribution in [2.45, 2.75) is 24.2 Å². The van der Waals surface area contributed by atoms with E-state index < -0.39 is 0 Å². The zero-order valence-corrected chi connectivity index (χ0v) is 9.82. The van der Waals surface area contributed by atoms with Crippen molar-refractivity contribution < 1.29 is 0 Å². The Hall–Kier alpha value is -0.180. The first-order valence-corrected chi connectivity index (χ1v) is 5.70. The van der Waals surface area contributed by atoms with E-state index in [1.165, 1.54) is 37.2 Å². The minimum Gasteiger partial charge on any atom is -0.246 e. The van der Waals surface area contributed by atoms with Crippen molar-refractivity contribution >= 4 is 24.4 Å². The Morgan fingerprint density at radius 1 is 0.929 bits per heavy atom. The lowest BCUT2D eigenvalue weighted by atomic mass is 10.2. The van der Waals surface area contributed by atoms with E-state index in [-0.39, 0.29) is 12.4 Å². The van der Waals surface area contributed by atoms with Gasteiger partial charge < -0.3 is 0 Å². The third-order valence-electron chi connectivity index (χ3n) is 2.29. The van der Waals surface area contributed by atoms with Gasteiger partial charge in [0, 0.05) is 18.0 Å². The molecule has 0 saturated carbocycles. The first-order valence-electron chi connectivity index (χ1n) is 4.93. The smallest absolute Gasteiger partial charge is 0.0230 e. The van der Waals surface area contributed by atoms with Gasteiger partial charge in [-0.2, -0.15) is 0 Å². The molecule has 78 valence electrons. The molecule has 0 amide bonds. The molecule has 0 unspecified atom stereocenters. The van der Waals surface area contributed by atoms with Crippen LogP contribution in [0.3, 0.4) is 0 Å². The van der Waals surface area contributed by atoms with Crippen LogP contribution in [0.25, 0.3) is 0 Å². The van der Waals surface area contributed by atoms with Crippen molar-refractivity contribution in [1.82, 2.24) is 4.31 Å². The Labute approximate surface area is 96.4 Å². The second-order valence-corrected chi connectivity index (χ2v) is 4.56. The number of benzene rings is 1. The van der Waals surface area contributed by atoms with Gasteiger partial charge >= 0.3 is 0 Å². The fraction of sp³-hybridized carbons (Fsp3) is 0.455. The number of piperidine rings is 1. The summed E-state index contributed by atoms with van der Waals surface area (Å²) in [7, 11) is 0. The molecule has 1 saturated heterocycles. The molecular weight excluding hydrogens is 214 g/mol. The summed E-state index contributed by atoms with van der Waals surface area (Å²) in [5, 5.41) is 0. The second-order valence-electron chi connectivity index (χ2n) is 3.39. The highest BCUT2D eigenvalue weighted by molar-refractivity contribution is 7.97. The lowest BCUT2D eigenvalue weighted by Crippen LogP contribution is -2.22. The summed E-state index contributed by atoms with van der Waals surface area (Å²) in [6.07, 6.45) is 4.13. The fourth-order valence-electron chi connectivity index (χ4n) is 1.59. The maximum absolute atomic E-state index is 2.47. The lowest BCUT2D eigenvalue weighted by molar-refractivity contribution is 0.380. The van der Waals surface area contributed by atoms with Crippen LogP contribution < -0.4 is 0 Å². The molecule has 1 aromatic carbocycles. The first-order chi connectivity index (χ1) is 6.45. The van der Waals surface area contributed by atoms with E-state index in [1.807, 2.05) is 11.9 Å². The lowest BCUT2D eigenvalue weighted by Gasteiger charge is -2.24. The molecule has 1 aliphatic heterocycles. The molecule has 1 heterocycles. The van der Waals surface area contributed by atoms with Crippen LogP contribution in [0, 0.1) is 0 Å². The van der Waals surface area contributed by atoms with Crippen LogP contribution in [-0.4, -0.2) is 17.4 Å². The summed E-state index contributed by atoms with van der Waals surface area (Å²) in [5.41, 5.74) is 0. The van der Waals surface area contributed by atoms with Crippen LogP contribution in [0.15, 0.2) is 35.2 Å². The van der Waals surface area contributed by atoms with Crippen LogP contribution >= 0.6 is 24.4 Å². The zero-order valence-electron chi connectivity index (χ0n) is 8.19. The summed E-state index contributed by atoms with van der Waals surface area (Å²) in [5.74, 6) is 0. The van der Waals surface area contributed by atoms with Gasteiger partial charge in [0.25, 0.3) is 0 Å². The van der Waals surface area contributed by atoms with Crippen LogP contribution in [0.4, 0.5) is 0 Å². The van der Waals surface area contributed by atoms with Crippen molar-refractivity contribution in [3.05, 3.63) is 30.3 Å².